The average molecular weight is 506 g/mol. The van der Waals surface area contributed by atoms with Crippen LogP contribution in [-0.4, -0.2) is 55.8 Å². The molecule has 0 fully saturated rings. The maximum Gasteiger partial charge on any atom is 0.518 e. The lowest BCUT2D eigenvalue weighted by atomic mass is 10.6. The van der Waals surface area contributed by atoms with Gasteiger partial charge in [-0.15, -0.1) is 0 Å². The SMILES string of the molecule is CCOC(=O)OC(F)(F)C(F)(F)F.O=C(OC(F)(F)C(F)(F)F)OC(F)(F)C(F)(F)F. The monoisotopic (exact) mass is 506 g/mol. The van der Waals surface area contributed by atoms with Crippen LogP contribution in [0.15, 0.2) is 0 Å². The molecule has 6 nitrogen and oxygen atoms in total. The van der Waals surface area contributed by atoms with Crippen LogP contribution >= 0.6 is 0 Å². The Morgan fingerprint density at radius 1 is 0.516 bits per heavy atom. The number of hydrogen-bond donors (Lipinski definition) is 0. The van der Waals surface area contributed by atoms with E-state index < -0.39 is 49.2 Å². The summed E-state index contributed by atoms with van der Waals surface area (Å²) in [5.41, 5.74) is 0. The molecule has 0 saturated heterocycles. The maximum atomic E-state index is 11.9. The molecule has 0 aromatic carbocycles. The minimum absolute atomic E-state index is 0.354. The molecular weight excluding hydrogens is 501 g/mol. The second-order valence-corrected chi connectivity index (χ2v) is 4.28. The fourth-order valence-electron chi connectivity index (χ4n) is 0.656. The van der Waals surface area contributed by atoms with E-state index in [4.69, 9.17) is 0 Å². The van der Waals surface area contributed by atoms with Crippen LogP contribution in [-0.2, 0) is 18.9 Å². The van der Waals surface area contributed by atoms with Gasteiger partial charge in [-0.3, -0.25) is 0 Å². The van der Waals surface area contributed by atoms with Crippen molar-refractivity contribution in [1.29, 1.82) is 0 Å². The van der Waals surface area contributed by atoms with E-state index in [9.17, 15) is 75.4 Å². The number of alkyl halides is 15. The molecule has 0 unspecified atom stereocenters. The first-order valence-corrected chi connectivity index (χ1v) is 6.42. The molecule has 0 rings (SSSR count). The molecule has 0 spiro atoms. The van der Waals surface area contributed by atoms with Gasteiger partial charge in [0.15, 0.2) is 0 Å². The van der Waals surface area contributed by atoms with Crippen LogP contribution in [0.2, 0.25) is 0 Å². The molecule has 0 aliphatic carbocycles. The van der Waals surface area contributed by atoms with Crippen LogP contribution < -0.4 is 0 Å². The third kappa shape index (κ3) is 9.89. The van der Waals surface area contributed by atoms with Gasteiger partial charge < -0.3 is 18.9 Å². The number of halogens is 15. The maximum absolute atomic E-state index is 11.9. The second-order valence-electron chi connectivity index (χ2n) is 4.28. The van der Waals surface area contributed by atoms with Gasteiger partial charge in [0.1, 0.15) is 0 Å². The Morgan fingerprint density at radius 3 is 0.935 bits per heavy atom. The molecule has 0 aliphatic rings. The van der Waals surface area contributed by atoms with Crippen molar-refractivity contribution in [3.8, 4) is 0 Å². The summed E-state index contributed by atoms with van der Waals surface area (Å²) in [5.74, 6) is 0. The molecular formula is C10H5F15O6. The van der Waals surface area contributed by atoms with Crippen LogP contribution in [0.5, 0.6) is 0 Å². The van der Waals surface area contributed by atoms with Gasteiger partial charge in [0.05, 0.1) is 6.61 Å². The Balaban J connectivity index is 0. The highest BCUT2D eigenvalue weighted by atomic mass is 19.4. The molecule has 0 heterocycles. The molecule has 0 aliphatic heterocycles. The minimum atomic E-state index is -6.50. The smallest absolute Gasteiger partial charge is 0.434 e. The molecule has 0 radical (unpaired) electrons. The van der Waals surface area contributed by atoms with Crippen molar-refractivity contribution in [3.63, 3.8) is 0 Å². The van der Waals surface area contributed by atoms with Crippen molar-refractivity contribution < 1.29 is 94.4 Å². The van der Waals surface area contributed by atoms with Gasteiger partial charge in [0.2, 0.25) is 0 Å². The molecule has 0 saturated carbocycles. The van der Waals surface area contributed by atoms with Crippen molar-refractivity contribution in [2.24, 2.45) is 0 Å². The van der Waals surface area contributed by atoms with Crippen molar-refractivity contribution in [1.82, 2.24) is 0 Å². The zero-order valence-corrected chi connectivity index (χ0v) is 13.8. The molecule has 21 heteroatoms. The van der Waals surface area contributed by atoms with E-state index in [0.29, 0.717) is 0 Å². The van der Waals surface area contributed by atoms with Gasteiger partial charge in [-0.1, -0.05) is 0 Å². The van der Waals surface area contributed by atoms with Crippen molar-refractivity contribution in [2.45, 2.75) is 43.8 Å². The van der Waals surface area contributed by atoms with Crippen LogP contribution in [0.25, 0.3) is 0 Å². The number of hydrogen-bond acceptors (Lipinski definition) is 6. The third-order valence-corrected chi connectivity index (χ3v) is 1.89. The quantitative estimate of drug-likeness (QED) is 0.357. The Bertz CT molecular complexity index is 575. The summed E-state index contributed by atoms with van der Waals surface area (Å²) in [7, 11) is 0. The Labute approximate surface area is 158 Å². The first-order valence-electron chi connectivity index (χ1n) is 6.42. The van der Waals surface area contributed by atoms with Gasteiger partial charge in [0.25, 0.3) is 0 Å². The molecule has 0 aromatic heterocycles. The van der Waals surface area contributed by atoms with E-state index >= 15 is 0 Å². The summed E-state index contributed by atoms with van der Waals surface area (Å²) < 4.78 is 184. The van der Waals surface area contributed by atoms with Crippen molar-refractivity contribution in [2.75, 3.05) is 6.61 Å². The lowest BCUT2D eigenvalue weighted by Crippen LogP contribution is -2.45. The highest BCUT2D eigenvalue weighted by Crippen LogP contribution is 2.40. The predicted molar refractivity (Wildman–Crippen MR) is 58.7 cm³/mol. The number of rotatable bonds is 4. The highest BCUT2D eigenvalue weighted by Gasteiger charge is 2.66. The Kier molecular flexibility index (Phi) is 9.65. The lowest BCUT2D eigenvalue weighted by Gasteiger charge is -2.22. The number of carbonyl (C=O) groups is 2. The van der Waals surface area contributed by atoms with Crippen LogP contribution in [0.3, 0.4) is 0 Å². The van der Waals surface area contributed by atoms with Gasteiger partial charge in [-0.05, 0) is 6.92 Å². The first-order chi connectivity index (χ1) is 13.3. The molecule has 31 heavy (non-hydrogen) atoms. The lowest BCUT2D eigenvalue weighted by molar-refractivity contribution is -0.401. The Hall–Kier alpha value is -2.51. The van der Waals surface area contributed by atoms with E-state index in [2.05, 4.69) is 9.47 Å². The summed E-state index contributed by atoms with van der Waals surface area (Å²) in [6, 6.07) is 0. The fraction of sp³-hybridized carbons (Fsp3) is 0.800. The van der Waals surface area contributed by atoms with E-state index in [1.54, 1.807) is 0 Å². The Morgan fingerprint density at radius 2 is 0.742 bits per heavy atom. The van der Waals surface area contributed by atoms with E-state index in [1.165, 1.54) is 6.92 Å². The van der Waals surface area contributed by atoms with E-state index in [0.717, 1.165) is 0 Å². The van der Waals surface area contributed by atoms with E-state index in [-0.39, 0.29) is 6.61 Å². The summed E-state index contributed by atoms with van der Waals surface area (Å²) >= 11 is 0. The summed E-state index contributed by atoms with van der Waals surface area (Å²) in [6.07, 6.45) is -42.6. The fourth-order valence-corrected chi connectivity index (χ4v) is 0.656. The normalized spacial score (nSPS) is 13.5. The van der Waals surface area contributed by atoms with Crippen molar-refractivity contribution in [3.05, 3.63) is 0 Å². The molecule has 0 bridgehead atoms. The minimum Gasteiger partial charge on any atom is -0.434 e. The average Bonchev–Trinajstić information content (AvgIpc) is 2.42. The van der Waals surface area contributed by atoms with Gasteiger partial charge in [0, 0.05) is 0 Å². The highest BCUT2D eigenvalue weighted by molar-refractivity contribution is 5.61. The van der Waals surface area contributed by atoms with Crippen molar-refractivity contribution >= 4 is 12.3 Å². The molecule has 0 amide bonds. The molecule has 0 aromatic rings. The van der Waals surface area contributed by atoms with Gasteiger partial charge in [-0.25, -0.2) is 9.59 Å². The summed E-state index contributed by atoms with van der Waals surface area (Å²) in [6.45, 7) is 0.875. The number of ether oxygens (including phenoxy) is 4. The summed E-state index contributed by atoms with van der Waals surface area (Å²) in [5, 5.41) is 0. The third-order valence-electron chi connectivity index (χ3n) is 1.89. The number of carbonyl (C=O) groups excluding carboxylic acids is 2. The molecule has 0 atom stereocenters. The summed E-state index contributed by atoms with van der Waals surface area (Å²) in [4.78, 5) is 20.0. The van der Waals surface area contributed by atoms with Gasteiger partial charge in [-0.2, -0.15) is 65.9 Å². The second kappa shape index (κ2) is 9.75. The topological polar surface area (TPSA) is 71.1 Å². The molecule has 186 valence electrons. The van der Waals surface area contributed by atoms with Crippen LogP contribution in [0, 0.1) is 0 Å². The van der Waals surface area contributed by atoms with Crippen LogP contribution in [0.1, 0.15) is 6.92 Å². The first kappa shape index (κ1) is 30.7. The van der Waals surface area contributed by atoms with Gasteiger partial charge >= 0.3 is 49.2 Å². The molecule has 0 N–H and O–H groups in total. The zero-order valence-electron chi connectivity index (χ0n) is 13.8. The van der Waals surface area contributed by atoms with Crippen LogP contribution in [0.4, 0.5) is 75.4 Å². The standard InChI is InChI=1S/C5F10O3.C5H5F5O3/c6-2(7,8)4(12,13)17-1(16)18-5(14,15)3(9,10)11;1-2-12-3(11)13-5(9,10)4(6,7)8/h;2H2,1H3. The zero-order chi connectivity index (χ0) is 25.7. The van der Waals surface area contributed by atoms with E-state index in [1.807, 2.05) is 9.47 Å². The predicted octanol–water partition coefficient (Wildman–Crippen LogP) is 5.76. The largest absolute Gasteiger partial charge is 0.518 e.